The van der Waals surface area contributed by atoms with Crippen molar-refractivity contribution in [1.82, 2.24) is 5.32 Å². The number of nitrogens with one attached hydrogen (secondary N) is 1. The molecule has 0 rings (SSSR count). The van der Waals surface area contributed by atoms with Crippen molar-refractivity contribution in [3.05, 3.63) is 0 Å². The predicted molar refractivity (Wildman–Crippen MR) is 244 cm³/mol. The average Bonchev–Trinajstić information content (AvgIpc) is 3.19. The van der Waals surface area contributed by atoms with Crippen LogP contribution in [-0.4, -0.2) is 34.9 Å². The molecule has 0 saturated heterocycles. The van der Waals surface area contributed by atoms with Crippen LogP contribution in [0, 0.1) is 0 Å². The first kappa shape index (κ1) is 54.4. The molecule has 2 unspecified atom stereocenters. The van der Waals surface area contributed by atoms with Crippen LogP contribution in [0.15, 0.2) is 0 Å². The summed E-state index contributed by atoms with van der Waals surface area (Å²) in [5.41, 5.74) is 0. The van der Waals surface area contributed by atoms with Gasteiger partial charge in [0.05, 0.1) is 18.8 Å². The van der Waals surface area contributed by atoms with Gasteiger partial charge in [0.25, 0.3) is 0 Å². The van der Waals surface area contributed by atoms with E-state index in [-0.39, 0.29) is 12.5 Å². The zero-order chi connectivity index (χ0) is 40.0. The van der Waals surface area contributed by atoms with Gasteiger partial charge in [0, 0.05) is 6.42 Å². The van der Waals surface area contributed by atoms with Crippen LogP contribution >= 0.6 is 0 Å². The third kappa shape index (κ3) is 44.3. The average molecular weight is 778 g/mol. The summed E-state index contributed by atoms with van der Waals surface area (Å²) in [4.78, 5) is 12.4. The Bertz CT molecular complexity index is 714. The number of carbonyl (C=O) groups is 1. The molecule has 0 saturated carbocycles. The van der Waals surface area contributed by atoms with Crippen LogP contribution in [0.5, 0.6) is 0 Å². The summed E-state index contributed by atoms with van der Waals surface area (Å²) in [7, 11) is 0. The molecule has 4 heteroatoms. The lowest BCUT2D eigenvalue weighted by atomic mass is 10.0. The smallest absolute Gasteiger partial charge is 0.220 e. The fraction of sp³-hybridized carbons (Fsp3) is 0.980. The number of hydrogen-bond donors (Lipinski definition) is 3. The maximum Gasteiger partial charge on any atom is 0.220 e. The number of aliphatic hydroxyl groups is 2. The van der Waals surface area contributed by atoms with Crippen molar-refractivity contribution < 1.29 is 15.0 Å². The van der Waals surface area contributed by atoms with E-state index in [1.165, 1.54) is 250 Å². The van der Waals surface area contributed by atoms with E-state index in [0.717, 1.165) is 25.7 Å². The number of hydrogen-bond acceptors (Lipinski definition) is 3. The van der Waals surface area contributed by atoms with Gasteiger partial charge in [-0.3, -0.25) is 4.79 Å². The molecule has 0 aromatic heterocycles. The molecule has 2 atom stereocenters. The number of amides is 1. The van der Waals surface area contributed by atoms with Gasteiger partial charge in [-0.25, -0.2) is 0 Å². The lowest BCUT2D eigenvalue weighted by Crippen LogP contribution is -2.45. The highest BCUT2D eigenvalue weighted by Gasteiger charge is 2.20. The first-order valence-corrected chi connectivity index (χ1v) is 25.7. The van der Waals surface area contributed by atoms with Crippen molar-refractivity contribution in [2.75, 3.05) is 6.61 Å². The zero-order valence-electron chi connectivity index (χ0n) is 38.0. The lowest BCUT2D eigenvalue weighted by molar-refractivity contribution is -0.123. The van der Waals surface area contributed by atoms with E-state index >= 15 is 0 Å². The van der Waals surface area contributed by atoms with E-state index < -0.39 is 12.1 Å². The highest BCUT2D eigenvalue weighted by molar-refractivity contribution is 5.76. The third-order valence-electron chi connectivity index (χ3n) is 12.4. The van der Waals surface area contributed by atoms with Gasteiger partial charge in [-0.05, 0) is 12.8 Å². The molecular formula is C51H103NO3. The quantitative estimate of drug-likeness (QED) is 0.0539. The van der Waals surface area contributed by atoms with Crippen molar-refractivity contribution >= 4 is 5.91 Å². The number of aliphatic hydroxyl groups excluding tert-OH is 2. The number of carbonyl (C=O) groups excluding carboxylic acids is 1. The summed E-state index contributed by atoms with van der Waals surface area (Å²) in [6, 6.07) is -0.530. The molecule has 55 heavy (non-hydrogen) atoms. The van der Waals surface area contributed by atoms with E-state index in [2.05, 4.69) is 19.2 Å². The Hall–Kier alpha value is -0.610. The minimum absolute atomic E-state index is 0.0240. The van der Waals surface area contributed by atoms with Gasteiger partial charge in [-0.15, -0.1) is 0 Å². The second-order valence-corrected chi connectivity index (χ2v) is 18.0. The fourth-order valence-electron chi connectivity index (χ4n) is 8.42. The molecule has 1 amide bonds. The molecular weight excluding hydrogens is 675 g/mol. The molecule has 0 spiro atoms. The Kier molecular flexibility index (Phi) is 47.2. The van der Waals surface area contributed by atoms with Crippen molar-refractivity contribution in [3.8, 4) is 0 Å². The molecule has 0 aromatic carbocycles. The molecule has 0 heterocycles. The van der Waals surface area contributed by atoms with E-state index in [1.54, 1.807) is 0 Å². The molecule has 0 bridgehead atoms. The van der Waals surface area contributed by atoms with Gasteiger partial charge in [-0.2, -0.15) is 0 Å². The topological polar surface area (TPSA) is 69.6 Å². The molecule has 0 aliphatic heterocycles. The minimum atomic E-state index is -0.653. The maximum atomic E-state index is 12.4. The largest absolute Gasteiger partial charge is 0.394 e. The molecule has 0 aliphatic carbocycles. The van der Waals surface area contributed by atoms with Crippen molar-refractivity contribution in [2.45, 2.75) is 315 Å². The molecule has 0 aromatic rings. The zero-order valence-corrected chi connectivity index (χ0v) is 38.0. The van der Waals surface area contributed by atoms with E-state index in [0.29, 0.717) is 12.8 Å². The van der Waals surface area contributed by atoms with Crippen LogP contribution in [0.2, 0.25) is 0 Å². The molecule has 3 N–H and O–H groups in total. The standard InChI is InChI=1S/C51H103NO3/c1-3-5-7-9-11-13-15-17-19-20-21-22-23-24-25-26-27-28-29-30-31-32-33-35-37-39-41-43-45-47-51(55)52-49(48-53)50(54)46-44-42-40-38-36-34-18-16-14-12-10-8-6-4-2/h49-50,53-54H,3-48H2,1-2H3,(H,52,55). The van der Waals surface area contributed by atoms with Crippen LogP contribution in [0.25, 0.3) is 0 Å². The molecule has 0 fully saturated rings. The predicted octanol–water partition coefficient (Wildman–Crippen LogP) is 16.4. The summed E-state index contributed by atoms with van der Waals surface area (Å²) in [6.45, 7) is 4.39. The normalized spacial score (nSPS) is 12.7. The Morgan fingerprint density at radius 1 is 0.364 bits per heavy atom. The molecule has 4 nitrogen and oxygen atoms in total. The van der Waals surface area contributed by atoms with E-state index in [1.807, 2.05) is 0 Å². The van der Waals surface area contributed by atoms with Gasteiger partial charge in [-0.1, -0.05) is 284 Å². The molecule has 330 valence electrons. The first-order valence-electron chi connectivity index (χ1n) is 25.7. The Morgan fingerprint density at radius 3 is 0.818 bits per heavy atom. The summed E-state index contributed by atoms with van der Waals surface area (Å²) < 4.78 is 0. The summed E-state index contributed by atoms with van der Waals surface area (Å²) in [6.07, 6.45) is 59.3. The van der Waals surface area contributed by atoms with Crippen molar-refractivity contribution in [1.29, 1.82) is 0 Å². The highest BCUT2D eigenvalue weighted by Crippen LogP contribution is 2.18. The number of rotatable bonds is 48. The minimum Gasteiger partial charge on any atom is -0.394 e. The highest BCUT2D eigenvalue weighted by atomic mass is 16.3. The fourth-order valence-corrected chi connectivity index (χ4v) is 8.42. The van der Waals surface area contributed by atoms with Gasteiger partial charge in [0.1, 0.15) is 0 Å². The van der Waals surface area contributed by atoms with Gasteiger partial charge in [0.15, 0.2) is 0 Å². The Labute approximate surface area is 346 Å². The first-order chi connectivity index (χ1) is 27.2. The van der Waals surface area contributed by atoms with Crippen LogP contribution < -0.4 is 5.32 Å². The SMILES string of the molecule is CCCCCCCCCCCCCCCCCCCCCCCCCCCCCCCC(=O)NC(CO)C(O)CCCCCCCCCCCCCCCC. The van der Waals surface area contributed by atoms with E-state index in [4.69, 9.17) is 0 Å². The molecule has 0 radical (unpaired) electrons. The summed E-state index contributed by atoms with van der Waals surface area (Å²) >= 11 is 0. The van der Waals surface area contributed by atoms with Crippen molar-refractivity contribution in [2.24, 2.45) is 0 Å². The Balaban J connectivity index is 3.38. The summed E-state index contributed by atoms with van der Waals surface area (Å²) in [5, 5.41) is 23.2. The summed E-state index contributed by atoms with van der Waals surface area (Å²) in [5.74, 6) is -0.0240. The maximum absolute atomic E-state index is 12.4. The molecule has 0 aliphatic rings. The van der Waals surface area contributed by atoms with Crippen LogP contribution in [0.3, 0.4) is 0 Å². The van der Waals surface area contributed by atoms with Crippen LogP contribution in [0.4, 0.5) is 0 Å². The van der Waals surface area contributed by atoms with Crippen LogP contribution in [-0.2, 0) is 4.79 Å². The second kappa shape index (κ2) is 47.8. The van der Waals surface area contributed by atoms with Gasteiger partial charge >= 0.3 is 0 Å². The van der Waals surface area contributed by atoms with Crippen molar-refractivity contribution in [3.63, 3.8) is 0 Å². The lowest BCUT2D eigenvalue weighted by Gasteiger charge is -2.22. The van der Waals surface area contributed by atoms with Gasteiger partial charge < -0.3 is 15.5 Å². The Morgan fingerprint density at radius 2 is 0.582 bits per heavy atom. The second-order valence-electron chi connectivity index (χ2n) is 18.0. The third-order valence-corrected chi connectivity index (χ3v) is 12.4. The van der Waals surface area contributed by atoms with Gasteiger partial charge in [0.2, 0.25) is 5.91 Å². The number of unbranched alkanes of at least 4 members (excludes halogenated alkanes) is 41. The van der Waals surface area contributed by atoms with E-state index in [9.17, 15) is 15.0 Å². The van der Waals surface area contributed by atoms with Crippen LogP contribution in [0.1, 0.15) is 303 Å². The monoisotopic (exact) mass is 778 g/mol.